The van der Waals surface area contributed by atoms with Gasteiger partial charge in [-0.25, -0.2) is 0 Å². The highest BCUT2D eigenvalue weighted by atomic mass is 35.5. The molecule has 0 fully saturated rings. The summed E-state index contributed by atoms with van der Waals surface area (Å²) in [6.45, 7) is 0. The third kappa shape index (κ3) is 2.92. The average molecular weight is 249 g/mol. The van der Waals surface area contributed by atoms with Crippen molar-refractivity contribution in [3.8, 4) is 0 Å². The van der Waals surface area contributed by atoms with Gasteiger partial charge < -0.3 is 11.1 Å². The van der Waals surface area contributed by atoms with E-state index in [-0.39, 0.29) is 17.4 Å². The summed E-state index contributed by atoms with van der Waals surface area (Å²) >= 11 is 5.80. The SMILES string of the molecule is Nc1ccc(C(=O)Nc2cccc(Cl)c2)nn1. The summed E-state index contributed by atoms with van der Waals surface area (Å²) in [7, 11) is 0. The molecule has 1 aromatic carbocycles. The molecule has 1 amide bonds. The van der Waals surface area contributed by atoms with E-state index in [4.69, 9.17) is 17.3 Å². The van der Waals surface area contributed by atoms with Crippen molar-refractivity contribution >= 4 is 29.0 Å². The number of aromatic nitrogens is 2. The number of halogens is 1. The number of nitrogens with zero attached hydrogens (tertiary/aromatic N) is 2. The zero-order valence-electron chi connectivity index (χ0n) is 8.72. The van der Waals surface area contributed by atoms with Crippen LogP contribution in [0.15, 0.2) is 36.4 Å². The summed E-state index contributed by atoms with van der Waals surface area (Å²) in [5.74, 6) is -0.0935. The summed E-state index contributed by atoms with van der Waals surface area (Å²) in [5.41, 5.74) is 6.17. The molecule has 1 heterocycles. The van der Waals surface area contributed by atoms with Crippen molar-refractivity contribution in [2.24, 2.45) is 0 Å². The topological polar surface area (TPSA) is 80.9 Å². The number of hydrogen-bond donors (Lipinski definition) is 2. The van der Waals surface area contributed by atoms with E-state index in [9.17, 15) is 4.79 Å². The van der Waals surface area contributed by atoms with E-state index >= 15 is 0 Å². The van der Waals surface area contributed by atoms with Crippen LogP contribution in [-0.4, -0.2) is 16.1 Å². The first-order chi connectivity index (χ1) is 8.15. The number of anilines is 2. The van der Waals surface area contributed by atoms with Crippen LogP contribution in [0.5, 0.6) is 0 Å². The smallest absolute Gasteiger partial charge is 0.276 e. The fourth-order valence-electron chi connectivity index (χ4n) is 1.23. The standard InChI is InChI=1S/C11H9ClN4O/c12-7-2-1-3-8(6-7)14-11(17)9-4-5-10(13)16-15-9/h1-6H,(H2,13,16)(H,14,17). The molecule has 0 atom stereocenters. The van der Waals surface area contributed by atoms with Crippen molar-refractivity contribution in [1.29, 1.82) is 0 Å². The van der Waals surface area contributed by atoms with Gasteiger partial charge in [0.15, 0.2) is 5.69 Å². The second-order valence-corrected chi connectivity index (χ2v) is 3.74. The van der Waals surface area contributed by atoms with E-state index in [0.717, 1.165) is 0 Å². The maximum absolute atomic E-state index is 11.7. The van der Waals surface area contributed by atoms with Gasteiger partial charge in [-0.1, -0.05) is 17.7 Å². The van der Waals surface area contributed by atoms with Gasteiger partial charge in [0.2, 0.25) is 0 Å². The van der Waals surface area contributed by atoms with E-state index in [1.807, 2.05) is 0 Å². The molecule has 0 saturated carbocycles. The molecule has 0 aliphatic rings. The number of nitrogen functional groups attached to an aromatic ring is 1. The fraction of sp³-hybridized carbons (Fsp3) is 0. The lowest BCUT2D eigenvalue weighted by Gasteiger charge is -2.04. The molecular weight excluding hydrogens is 240 g/mol. The predicted octanol–water partition coefficient (Wildman–Crippen LogP) is 1.96. The molecule has 0 radical (unpaired) electrons. The van der Waals surface area contributed by atoms with Crippen molar-refractivity contribution in [2.75, 3.05) is 11.1 Å². The maximum Gasteiger partial charge on any atom is 0.276 e. The summed E-state index contributed by atoms with van der Waals surface area (Å²) in [6.07, 6.45) is 0. The number of rotatable bonds is 2. The lowest BCUT2D eigenvalue weighted by Crippen LogP contribution is -2.14. The van der Waals surface area contributed by atoms with Crippen molar-refractivity contribution < 1.29 is 4.79 Å². The van der Waals surface area contributed by atoms with Gasteiger partial charge in [-0.05, 0) is 30.3 Å². The molecule has 0 bridgehead atoms. The van der Waals surface area contributed by atoms with Crippen molar-refractivity contribution in [1.82, 2.24) is 10.2 Å². The molecule has 3 N–H and O–H groups in total. The second-order valence-electron chi connectivity index (χ2n) is 3.31. The van der Waals surface area contributed by atoms with Crippen LogP contribution in [0, 0.1) is 0 Å². The Morgan fingerprint density at radius 3 is 2.71 bits per heavy atom. The van der Waals surface area contributed by atoms with Crippen LogP contribution in [0.25, 0.3) is 0 Å². The quantitative estimate of drug-likeness (QED) is 0.851. The van der Waals surface area contributed by atoms with Crippen LogP contribution in [0.2, 0.25) is 5.02 Å². The molecular formula is C11H9ClN4O. The van der Waals surface area contributed by atoms with E-state index in [2.05, 4.69) is 15.5 Å². The van der Waals surface area contributed by atoms with Gasteiger partial charge in [-0.3, -0.25) is 4.79 Å². The number of benzene rings is 1. The normalized spacial score (nSPS) is 9.94. The lowest BCUT2D eigenvalue weighted by molar-refractivity contribution is 0.102. The minimum absolute atomic E-state index is 0.194. The third-order valence-corrected chi connectivity index (χ3v) is 2.24. The largest absolute Gasteiger partial charge is 0.382 e. The van der Waals surface area contributed by atoms with Gasteiger partial charge in [-0.2, -0.15) is 0 Å². The molecule has 2 aromatic rings. The second kappa shape index (κ2) is 4.80. The summed E-state index contributed by atoms with van der Waals surface area (Å²) in [4.78, 5) is 11.7. The molecule has 2 rings (SSSR count). The Hall–Kier alpha value is -2.14. The van der Waals surface area contributed by atoms with Crippen LogP contribution in [0.1, 0.15) is 10.5 Å². The number of hydrogen-bond acceptors (Lipinski definition) is 4. The molecule has 0 aliphatic carbocycles. The molecule has 0 aliphatic heterocycles. The van der Waals surface area contributed by atoms with Crippen LogP contribution in [0.4, 0.5) is 11.5 Å². The van der Waals surface area contributed by atoms with Crippen LogP contribution >= 0.6 is 11.6 Å². The zero-order valence-corrected chi connectivity index (χ0v) is 9.48. The minimum Gasteiger partial charge on any atom is -0.382 e. The number of amides is 1. The summed E-state index contributed by atoms with van der Waals surface area (Å²) in [6, 6.07) is 9.85. The highest BCUT2D eigenvalue weighted by molar-refractivity contribution is 6.30. The van der Waals surface area contributed by atoms with Crippen LogP contribution in [-0.2, 0) is 0 Å². The molecule has 17 heavy (non-hydrogen) atoms. The highest BCUT2D eigenvalue weighted by Gasteiger charge is 2.08. The van der Waals surface area contributed by atoms with Gasteiger partial charge in [0, 0.05) is 10.7 Å². The van der Waals surface area contributed by atoms with E-state index in [1.165, 1.54) is 12.1 Å². The van der Waals surface area contributed by atoms with Gasteiger partial charge in [0.1, 0.15) is 5.82 Å². The zero-order chi connectivity index (χ0) is 12.3. The summed E-state index contributed by atoms with van der Waals surface area (Å²) in [5, 5.41) is 10.5. The Morgan fingerprint density at radius 1 is 1.24 bits per heavy atom. The first-order valence-corrected chi connectivity index (χ1v) is 5.19. The van der Waals surface area contributed by atoms with Gasteiger partial charge in [0.25, 0.3) is 5.91 Å². The van der Waals surface area contributed by atoms with Gasteiger partial charge in [0.05, 0.1) is 0 Å². The highest BCUT2D eigenvalue weighted by Crippen LogP contribution is 2.15. The van der Waals surface area contributed by atoms with Crippen LogP contribution in [0.3, 0.4) is 0 Å². The van der Waals surface area contributed by atoms with Crippen molar-refractivity contribution in [3.05, 3.63) is 47.1 Å². The lowest BCUT2D eigenvalue weighted by atomic mass is 10.3. The summed E-state index contributed by atoms with van der Waals surface area (Å²) < 4.78 is 0. The molecule has 1 aromatic heterocycles. The molecule has 6 heteroatoms. The number of carbonyl (C=O) groups excluding carboxylic acids is 1. The maximum atomic E-state index is 11.7. The Labute approximate surface area is 103 Å². The Balaban J connectivity index is 2.14. The monoisotopic (exact) mass is 248 g/mol. The first kappa shape index (κ1) is 11.3. The third-order valence-electron chi connectivity index (χ3n) is 2.00. The first-order valence-electron chi connectivity index (χ1n) is 4.81. The molecule has 0 unspecified atom stereocenters. The van der Waals surface area contributed by atoms with Crippen LogP contribution < -0.4 is 11.1 Å². The van der Waals surface area contributed by atoms with E-state index < -0.39 is 0 Å². The fourth-order valence-corrected chi connectivity index (χ4v) is 1.42. The Bertz CT molecular complexity index is 541. The Morgan fingerprint density at radius 2 is 2.06 bits per heavy atom. The van der Waals surface area contributed by atoms with Gasteiger partial charge in [-0.15, -0.1) is 10.2 Å². The Kier molecular flexibility index (Phi) is 3.20. The molecule has 0 saturated heterocycles. The minimum atomic E-state index is -0.361. The molecule has 0 spiro atoms. The molecule has 5 nitrogen and oxygen atoms in total. The molecule has 86 valence electrons. The number of carbonyl (C=O) groups is 1. The predicted molar refractivity (Wildman–Crippen MR) is 65.8 cm³/mol. The van der Waals surface area contributed by atoms with E-state index in [1.54, 1.807) is 24.3 Å². The van der Waals surface area contributed by atoms with Crippen molar-refractivity contribution in [3.63, 3.8) is 0 Å². The number of nitrogens with two attached hydrogens (primary N) is 1. The van der Waals surface area contributed by atoms with Gasteiger partial charge >= 0.3 is 0 Å². The van der Waals surface area contributed by atoms with Crippen molar-refractivity contribution in [2.45, 2.75) is 0 Å². The van der Waals surface area contributed by atoms with E-state index in [0.29, 0.717) is 10.7 Å². The number of nitrogens with one attached hydrogen (secondary N) is 1. The average Bonchev–Trinajstić information content (AvgIpc) is 2.29.